The smallest absolute Gasteiger partial charge is 0.326 e. The first kappa shape index (κ1) is 34.2. The molecule has 0 spiro atoms. The third-order valence-corrected chi connectivity index (χ3v) is 10.5. The van der Waals surface area contributed by atoms with Gasteiger partial charge in [0.2, 0.25) is 10.0 Å². The number of piperazine rings is 1. The number of hydrogen-bond acceptors (Lipinski definition) is 7. The average Bonchev–Trinajstić information content (AvgIpc) is 3.45. The number of halogens is 2. The minimum atomic E-state index is -3.81. The van der Waals surface area contributed by atoms with Crippen LogP contribution in [0, 0.1) is 0 Å². The van der Waals surface area contributed by atoms with Gasteiger partial charge in [-0.1, -0.05) is 47.5 Å². The van der Waals surface area contributed by atoms with E-state index in [1.165, 1.54) is 20.2 Å². The van der Waals surface area contributed by atoms with E-state index in [9.17, 15) is 13.2 Å². The second kappa shape index (κ2) is 14.7. The fourth-order valence-electron chi connectivity index (χ4n) is 5.73. The topological polar surface area (TPSA) is 95.0 Å². The summed E-state index contributed by atoms with van der Waals surface area (Å²) in [5.74, 6) is 0.749. The van der Waals surface area contributed by atoms with Crippen molar-refractivity contribution < 1.29 is 22.7 Å². The molecular formula is C33H39Cl2N5O5S. The third-order valence-electron chi connectivity index (χ3n) is 8.22. The number of amides is 2. The summed E-state index contributed by atoms with van der Waals surface area (Å²) in [5, 5.41) is 1.14. The Balaban J connectivity index is 1.68. The maximum Gasteiger partial charge on any atom is 0.326 e. The number of carbonyl (C=O) groups is 1. The van der Waals surface area contributed by atoms with Gasteiger partial charge in [0.05, 0.1) is 29.7 Å². The Morgan fingerprint density at radius 2 is 1.54 bits per heavy atom. The Labute approximate surface area is 281 Å². The van der Waals surface area contributed by atoms with Gasteiger partial charge in [0.15, 0.2) is 0 Å². The van der Waals surface area contributed by atoms with Crippen molar-refractivity contribution in [2.45, 2.75) is 23.9 Å². The number of sulfonamides is 1. The zero-order valence-electron chi connectivity index (χ0n) is 26.4. The van der Waals surface area contributed by atoms with E-state index in [4.69, 9.17) is 37.7 Å². The molecule has 2 unspecified atom stereocenters. The first-order chi connectivity index (χ1) is 22.0. The van der Waals surface area contributed by atoms with Crippen molar-refractivity contribution in [1.29, 1.82) is 0 Å². The number of rotatable bonds is 10. The highest BCUT2D eigenvalue weighted by atomic mass is 35.5. The number of carbonyl (C=O) groups excluding carboxylic acids is 1. The zero-order valence-corrected chi connectivity index (χ0v) is 28.7. The molecule has 10 nitrogen and oxygen atoms in total. The molecule has 0 saturated carbocycles. The Morgan fingerprint density at radius 1 is 0.935 bits per heavy atom. The quantitative estimate of drug-likeness (QED) is 0.277. The number of nitrogens with zero attached hydrogens (tertiary/aromatic N) is 5. The summed E-state index contributed by atoms with van der Waals surface area (Å²) in [7, 11) is 0.828. The summed E-state index contributed by atoms with van der Waals surface area (Å²) in [6, 6.07) is 18.1. The van der Waals surface area contributed by atoms with Gasteiger partial charge >= 0.3 is 6.03 Å². The molecule has 2 atom stereocenters. The summed E-state index contributed by atoms with van der Waals surface area (Å²) in [5.41, 5.74) is 2.08. The predicted octanol–water partition coefficient (Wildman–Crippen LogP) is 5.57. The highest BCUT2D eigenvalue weighted by molar-refractivity contribution is 7.89. The van der Waals surface area contributed by atoms with Crippen LogP contribution in [-0.4, -0.2) is 106 Å². The van der Waals surface area contributed by atoms with Crippen LogP contribution >= 0.6 is 23.2 Å². The van der Waals surface area contributed by atoms with Crippen LogP contribution in [0.5, 0.6) is 5.75 Å². The van der Waals surface area contributed by atoms with Gasteiger partial charge < -0.3 is 14.4 Å². The molecule has 2 aliphatic heterocycles. The third kappa shape index (κ3) is 7.20. The van der Waals surface area contributed by atoms with Gasteiger partial charge in [-0.25, -0.2) is 17.5 Å². The normalized spacial score (nSPS) is 19.1. The van der Waals surface area contributed by atoms with Crippen LogP contribution in [0.3, 0.4) is 0 Å². The first-order valence-electron chi connectivity index (χ1n) is 15.1. The van der Waals surface area contributed by atoms with Gasteiger partial charge in [-0.3, -0.25) is 14.8 Å². The standard InChI is InChI=1S/C33H39Cl2N5O5S/c1-5-45-29-15-14-27(46(42,43)37(2)3)22-28(29)32-36-30(23-6-10-25(34)11-7-23)31(24-8-12-26(35)13-9-24)40(32)33(41)39-18-16-38(17-19-39)20-21-44-4/h6-15,22,30-31H,5,16-21H2,1-4H3. The lowest BCUT2D eigenvalue weighted by Gasteiger charge is -2.39. The van der Waals surface area contributed by atoms with Crippen LogP contribution in [0.25, 0.3) is 0 Å². The van der Waals surface area contributed by atoms with Crippen molar-refractivity contribution in [2.75, 3.05) is 67.1 Å². The van der Waals surface area contributed by atoms with E-state index in [1.807, 2.05) is 36.1 Å². The molecule has 1 saturated heterocycles. The monoisotopic (exact) mass is 687 g/mol. The number of methoxy groups -OCH3 is 1. The van der Waals surface area contributed by atoms with Crippen LogP contribution in [0.2, 0.25) is 10.0 Å². The van der Waals surface area contributed by atoms with Crippen molar-refractivity contribution in [2.24, 2.45) is 4.99 Å². The Hall–Kier alpha value is -3.19. The maximum absolute atomic E-state index is 14.8. The second-order valence-electron chi connectivity index (χ2n) is 11.3. The lowest BCUT2D eigenvalue weighted by molar-refractivity contribution is 0.0963. The molecule has 0 bridgehead atoms. The van der Waals surface area contributed by atoms with Crippen molar-refractivity contribution in [3.63, 3.8) is 0 Å². The first-order valence-corrected chi connectivity index (χ1v) is 17.3. The molecule has 2 aliphatic rings. The second-order valence-corrected chi connectivity index (χ2v) is 14.3. The molecule has 1 fully saturated rings. The molecule has 3 aromatic rings. The number of benzene rings is 3. The predicted molar refractivity (Wildman–Crippen MR) is 181 cm³/mol. The molecule has 0 aromatic heterocycles. The molecule has 2 heterocycles. The summed E-state index contributed by atoms with van der Waals surface area (Å²) >= 11 is 12.6. The molecule has 5 rings (SSSR count). The van der Waals surface area contributed by atoms with E-state index in [0.29, 0.717) is 66.6 Å². The van der Waals surface area contributed by atoms with E-state index in [2.05, 4.69) is 4.90 Å². The van der Waals surface area contributed by atoms with Gasteiger partial charge in [-0.15, -0.1) is 0 Å². The molecule has 2 amide bonds. The van der Waals surface area contributed by atoms with E-state index in [-0.39, 0.29) is 10.9 Å². The largest absolute Gasteiger partial charge is 0.493 e. The molecule has 0 radical (unpaired) electrons. The van der Waals surface area contributed by atoms with Gasteiger partial charge in [-0.05, 0) is 60.5 Å². The lowest BCUT2D eigenvalue weighted by Crippen LogP contribution is -2.54. The number of aliphatic imine (C=N–C) groups is 1. The Morgan fingerprint density at radius 3 is 2.11 bits per heavy atom. The minimum absolute atomic E-state index is 0.0656. The van der Waals surface area contributed by atoms with E-state index < -0.39 is 22.1 Å². The fraction of sp³-hybridized carbons (Fsp3) is 0.394. The maximum atomic E-state index is 14.8. The van der Waals surface area contributed by atoms with Crippen molar-refractivity contribution in [1.82, 2.24) is 19.0 Å². The van der Waals surface area contributed by atoms with Gasteiger partial charge in [0.1, 0.15) is 17.6 Å². The number of hydrogen-bond donors (Lipinski definition) is 0. The summed E-state index contributed by atoms with van der Waals surface area (Å²) in [6.07, 6.45) is 0. The summed E-state index contributed by atoms with van der Waals surface area (Å²) in [6.45, 7) is 6.00. The summed E-state index contributed by atoms with van der Waals surface area (Å²) < 4.78 is 39.0. The van der Waals surface area contributed by atoms with Gasteiger partial charge in [0, 0.05) is 64.0 Å². The number of ether oxygens (including phenoxy) is 2. The van der Waals surface area contributed by atoms with E-state index in [0.717, 1.165) is 22.0 Å². The van der Waals surface area contributed by atoms with Crippen LogP contribution in [-0.2, 0) is 14.8 Å². The molecule has 246 valence electrons. The molecule has 46 heavy (non-hydrogen) atoms. The average molecular weight is 689 g/mol. The van der Waals surface area contributed by atoms with Crippen LogP contribution in [0.1, 0.15) is 35.7 Å². The van der Waals surface area contributed by atoms with Crippen LogP contribution in [0.15, 0.2) is 76.6 Å². The van der Waals surface area contributed by atoms with Crippen molar-refractivity contribution in [3.8, 4) is 5.75 Å². The van der Waals surface area contributed by atoms with Gasteiger partial charge in [0.25, 0.3) is 0 Å². The fourth-order valence-corrected chi connectivity index (χ4v) is 6.91. The van der Waals surface area contributed by atoms with E-state index in [1.54, 1.807) is 48.4 Å². The summed E-state index contributed by atoms with van der Waals surface area (Å²) in [4.78, 5) is 25.8. The highest BCUT2D eigenvalue weighted by Crippen LogP contribution is 2.45. The highest BCUT2D eigenvalue weighted by Gasteiger charge is 2.45. The SMILES string of the molecule is CCOc1ccc(S(=O)(=O)N(C)C)cc1C1=NC(c2ccc(Cl)cc2)C(c2ccc(Cl)cc2)N1C(=O)N1CCN(CCOC)CC1. The van der Waals surface area contributed by atoms with Crippen LogP contribution in [0.4, 0.5) is 4.79 Å². The van der Waals surface area contributed by atoms with E-state index >= 15 is 0 Å². The van der Waals surface area contributed by atoms with Crippen molar-refractivity contribution in [3.05, 3.63) is 93.5 Å². The molecule has 0 N–H and O–H groups in total. The van der Waals surface area contributed by atoms with Crippen molar-refractivity contribution >= 4 is 45.1 Å². The molecule has 3 aromatic carbocycles. The molecule has 0 aliphatic carbocycles. The molecular weight excluding hydrogens is 649 g/mol. The Bertz CT molecular complexity index is 1660. The number of amidine groups is 1. The Kier molecular flexibility index (Phi) is 10.9. The zero-order chi connectivity index (χ0) is 33.0. The van der Waals surface area contributed by atoms with Crippen LogP contribution < -0.4 is 4.74 Å². The minimum Gasteiger partial charge on any atom is -0.493 e. The molecule has 13 heteroatoms. The number of urea groups is 1. The van der Waals surface area contributed by atoms with Gasteiger partial charge in [-0.2, -0.15) is 0 Å². The lowest BCUT2D eigenvalue weighted by atomic mass is 9.93.